The second kappa shape index (κ2) is 11.6. The van der Waals surface area contributed by atoms with Gasteiger partial charge in [0, 0.05) is 49.2 Å². The lowest BCUT2D eigenvalue weighted by molar-refractivity contribution is -0.138. The quantitative estimate of drug-likeness (QED) is 0.522. The van der Waals surface area contributed by atoms with Gasteiger partial charge in [-0.05, 0) is 38.1 Å². The normalized spacial score (nSPS) is 24.3. The van der Waals surface area contributed by atoms with Gasteiger partial charge in [-0.2, -0.15) is 0 Å². The molecule has 11 heteroatoms. The molecule has 0 aliphatic carbocycles. The number of fused-ring (bicyclic) bond motifs is 1. The van der Waals surface area contributed by atoms with Crippen molar-refractivity contribution in [2.75, 3.05) is 58.3 Å². The van der Waals surface area contributed by atoms with Crippen molar-refractivity contribution in [3.05, 3.63) is 35.2 Å². The molecule has 0 unspecified atom stereocenters. The zero-order valence-corrected chi connectivity index (χ0v) is 24.8. The number of anilines is 1. The van der Waals surface area contributed by atoms with E-state index < -0.39 is 12.1 Å². The number of benzene rings is 1. The highest BCUT2D eigenvalue weighted by Crippen LogP contribution is 2.31. The molecule has 10 nitrogen and oxygen atoms in total. The van der Waals surface area contributed by atoms with E-state index in [0.717, 1.165) is 42.6 Å². The maximum Gasteiger partial charge on any atom is 0.251 e. The Labute approximate surface area is 240 Å². The van der Waals surface area contributed by atoms with E-state index in [4.69, 9.17) is 9.72 Å². The van der Waals surface area contributed by atoms with Gasteiger partial charge in [0.05, 0.1) is 11.7 Å². The third-order valence-electron chi connectivity index (χ3n) is 7.97. The van der Waals surface area contributed by atoms with E-state index >= 15 is 0 Å². The van der Waals surface area contributed by atoms with Crippen LogP contribution in [-0.2, 0) is 14.3 Å². The van der Waals surface area contributed by atoms with Crippen LogP contribution in [0.15, 0.2) is 29.6 Å². The summed E-state index contributed by atoms with van der Waals surface area (Å²) >= 11 is 1.64. The Hall–Kier alpha value is -2.86. The molecule has 3 aliphatic heterocycles. The van der Waals surface area contributed by atoms with Crippen molar-refractivity contribution in [2.24, 2.45) is 5.41 Å². The molecule has 3 aliphatic rings. The van der Waals surface area contributed by atoms with E-state index in [2.05, 4.69) is 32.9 Å². The zero-order valence-electron chi connectivity index (χ0n) is 24.0. The number of amides is 2. The van der Waals surface area contributed by atoms with Crippen LogP contribution in [0, 0.1) is 5.41 Å². The van der Waals surface area contributed by atoms with Crippen molar-refractivity contribution in [3.8, 4) is 11.3 Å². The minimum Gasteiger partial charge on any atom is -0.366 e. The van der Waals surface area contributed by atoms with Gasteiger partial charge in [-0.15, -0.1) is 11.3 Å². The highest BCUT2D eigenvalue weighted by Gasteiger charge is 2.52. The molecule has 1 aromatic carbocycles. The Morgan fingerprint density at radius 3 is 2.50 bits per heavy atom. The zero-order chi connectivity index (χ0) is 28.6. The fraction of sp³-hybridized carbons (Fsp3) is 0.586. The van der Waals surface area contributed by atoms with Crippen molar-refractivity contribution >= 4 is 34.1 Å². The number of likely N-dealkylation sites (N-methyl/N-ethyl adjacent to an activating group) is 2. The third-order valence-corrected chi connectivity index (χ3v) is 8.87. The number of carbonyl (C=O) groups excluding carboxylic acids is 3. The van der Waals surface area contributed by atoms with Gasteiger partial charge in [0.2, 0.25) is 5.91 Å². The lowest BCUT2D eigenvalue weighted by Gasteiger charge is -2.32. The molecule has 0 spiro atoms. The van der Waals surface area contributed by atoms with Crippen LogP contribution < -0.4 is 15.5 Å². The maximum atomic E-state index is 13.8. The average molecular weight is 569 g/mol. The SMILES string of the molecule is CN[C@H]1CN(C(=O)[C@H](CC(C)(C)C)NC(=O)c2ccc(-c3csc(N4CCN(C)CC4)n3)cc2)[C@@H]2C(=O)CO[C@H]12. The standard InChI is InChI=1S/C29H40N6O4S/c1-29(2,3)14-20(27(38)35-15-21(30-4)25-24(35)23(36)16-39-25)31-26(37)19-8-6-18(7-9-19)22-17-40-28(32-22)34-12-10-33(5)11-13-34/h6-9,17,20-21,24-25,30H,10-16H2,1-5H3,(H,31,37)/t20-,21-,24+,25+/m0/s1. The van der Waals surface area contributed by atoms with Gasteiger partial charge >= 0.3 is 0 Å². The van der Waals surface area contributed by atoms with E-state index in [0.29, 0.717) is 18.5 Å². The minimum atomic E-state index is -0.762. The first kappa shape index (κ1) is 28.7. The number of hydrogen-bond donors (Lipinski definition) is 2. The van der Waals surface area contributed by atoms with Crippen molar-refractivity contribution in [1.82, 2.24) is 25.4 Å². The molecule has 0 radical (unpaired) electrons. The fourth-order valence-corrected chi connectivity index (χ4v) is 6.61. The molecule has 2 aromatic rings. The highest BCUT2D eigenvalue weighted by molar-refractivity contribution is 7.14. The fourth-order valence-electron chi connectivity index (χ4n) is 5.72. The molecular weight excluding hydrogens is 528 g/mol. The summed E-state index contributed by atoms with van der Waals surface area (Å²) in [5.74, 6) is -0.656. The first-order valence-corrected chi connectivity index (χ1v) is 14.8. The average Bonchev–Trinajstić information content (AvgIpc) is 3.65. The number of hydrogen-bond acceptors (Lipinski definition) is 9. The van der Waals surface area contributed by atoms with E-state index in [1.807, 2.05) is 32.9 Å². The molecular formula is C29H40N6O4S. The van der Waals surface area contributed by atoms with Crippen molar-refractivity contribution in [2.45, 2.75) is 51.4 Å². The summed E-state index contributed by atoms with van der Waals surface area (Å²) in [6.45, 7) is 10.5. The predicted molar refractivity (Wildman–Crippen MR) is 156 cm³/mol. The molecule has 4 heterocycles. The van der Waals surface area contributed by atoms with Crippen LogP contribution in [0.2, 0.25) is 0 Å². The molecule has 4 atom stereocenters. The Morgan fingerprint density at radius 1 is 1.15 bits per heavy atom. The summed E-state index contributed by atoms with van der Waals surface area (Å²) in [7, 11) is 3.94. The smallest absolute Gasteiger partial charge is 0.251 e. The molecule has 5 rings (SSSR count). The Morgan fingerprint density at radius 2 is 1.85 bits per heavy atom. The molecule has 2 N–H and O–H groups in total. The van der Waals surface area contributed by atoms with Crippen molar-refractivity contribution in [1.29, 1.82) is 0 Å². The van der Waals surface area contributed by atoms with E-state index in [-0.39, 0.29) is 41.8 Å². The number of aromatic nitrogens is 1. The van der Waals surface area contributed by atoms with Gasteiger partial charge in [-0.1, -0.05) is 32.9 Å². The number of likely N-dealkylation sites (tertiary alicyclic amines) is 1. The second-order valence-electron chi connectivity index (χ2n) is 12.2. The van der Waals surface area contributed by atoms with Gasteiger partial charge in [0.25, 0.3) is 5.91 Å². The molecule has 0 saturated carbocycles. The van der Waals surface area contributed by atoms with E-state index in [1.165, 1.54) is 0 Å². The topological polar surface area (TPSA) is 107 Å². The monoisotopic (exact) mass is 568 g/mol. The first-order chi connectivity index (χ1) is 19.0. The van der Waals surface area contributed by atoms with Gasteiger partial charge < -0.3 is 30.1 Å². The van der Waals surface area contributed by atoms with Crippen LogP contribution in [0.1, 0.15) is 37.6 Å². The van der Waals surface area contributed by atoms with E-state index in [1.54, 1.807) is 35.4 Å². The Balaban J connectivity index is 1.28. The summed E-state index contributed by atoms with van der Waals surface area (Å²) in [4.78, 5) is 50.8. The lowest BCUT2D eigenvalue weighted by atomic mass is 9.87. The number of ketones is 1. The van der Waals surface area contributed by atoms with Crippen LogP contribution in [0.4, 0.5) is 5.13 Å². The van der Waals surface area contributed by atoms with Gasteiger partial charge in [-0.3, -0.25) is 14.4 Å². The number of piperazine rings is 1. The van der Waals surface area contributed by atoms with Crippen molar-refractivity contribution < 1.29 is 19.1 Å². The van der Waals surface area contributed by atoms with E-state index in [9.17, 15) is 14.4 Å². The highest BCUT2D eigenvalue weighted by atomic mass is 32.1. The largest absolute Gasteiger partial charge is 0.366 e. The molecule has 216 valence electrons. The number of nitrogens with one attached hydrogen (secondary N) is 2. The molecule has 0 bridgehead atoms. The number of nitrogens with zero attached hydrogens (tertiary/aromatic N) is 4. The number of rotatable bonds is 7. The van der Waals surface area contributed by atoms with Crippen LogP contribution in [0.25, 0.3) is 11.3 Å². The van der Waals surface area contributed by atoms with Crippen LogP contribution in [0.5, 0.6) is 0 Å². The summed E-state index contributed by atoms with van der Waals surface area (Å²) in [6.07, 6.45) is 0.0823. The summed E-state index contributed by atoms with van der Waals surface area (Å²) in [5, 5.41) is 9.21. The number of Topliss-reactive ketones (excluding diaryl/α,β-unsaturated/α-hetero) is 1. The van der Waals surface area contributed by atoms with Gasteiger partial charge in [0.1, 0.15) is 24.8 Å². The lowest BCUT2D eigenvalue weighted by Crippen LogP contribution is -2.53. The maximum absolute atomic E-state index is 13.8. The second-order valence-corrected chi connectivity index (χ2v) is 13.1. The molecule has 2 amide bonds. The molecule has 3 fully saturated rings. The first-order valence-electron chi connectivity index (χ1n) is 14.0. The van der Waals surface area contributed by atoms with Crippen LogP contribution >= 0.6 is 11.3 Å². The number of carbonyl (C=O) groups is 3. The predicted octanol–water partition coefficient (Wildman–Crippen LogP) is 1.86. The van der Waals surface area contributed by atoms with Crippen LogP contribution in [-0.4, -0.2) is 110 Å². The molecule has 3 saturated heterocycles. The summed E-state index contributed by atoms with van der Waals surface area (Å²) < 4.78 is 5.69. The Bertz CT molecular complexity index is 1230. The number of thiazole rings is 1. The minimum absolute atomic E-state index is 0.00972. The Kier molecular flexibility index (Phi) is 8.28. The third kappa shape index (κ3) is 6.07. The van der Waals surface area contributed by atoms with Crippen molar-refractivity contribution in [3.63, 3.8) is 0 Å². The van der Waals surface area contributed by atoms with Crippen LogP contribution in [0.3, 0.4) is 0 Å². The number of ether oxygens (including phenoxy) is 1. The van der Waals surface area contributed by atoms with Gasteiger partial charge in [0.15, 0.2) is 10.9 Å². The summed E-state index contributed by atoms with van der Waals surface area (Å²) in [6, 6.07) is 5.84. The molecule has 1 aromatic heterocycles. The summed E-state index contributed by atoms with van der Waals surface area (Å²) in [5.41, 5.74) is 2.08. The van der Waals surface area contributed by atoms with Gasteiger partial charge in [-0.25, -0.2) is 4.98 Å². The molecule has 40 heavy (non-hydrogen) atoms.